The fraction of sp³-hybridized carbons (Fsp3) is 0.0769. The number of nitrogens with zero attached hydrogens (tertiary/aromatic N) is 1. The van der Waals surface area contributed by atoms with E-state index in [1.807, 2.05) is 0 Å². The van der Waals surface area contributed by atoms with Crippen molar-refractivity contribution in [2.75, 3.05) is 0 Å². The summed E-state index contributed by atoms with van der Waals surface area (Å²) in [5, 5.41) is 3.87. The van der Waals surface area contributed by atoms with Crippen LogP contribution in [-0.2, 0) is 5.41 Å². The topological polar surface area (TPSA) is 4.93 Å². The Labute approximate surface area is 235 Å². The van der Waals surface area contributed by atoms with E-state index in [4.69, 9.17) is 0 Å². The van der Waals surface area contributed by atoms with Crippen molar-refractivity contribution >= 4 is 21.7 Å². The summed E-state index contributed by atoms with van der Waals surface area (Å²) in [6, 6.07) is 48.9. The Kier molecular flexibility index (Phi) is 4.93. The third-order valence-electron chi connectivity index (χ3n) is 8.80. The molecule has 0 saturated carbocycles. The summed E-state index contributed by atoms with van der Waals surface area (Å²) in [6.07, 6.45) is 2.23. The summed E-state index contributed by atoms with van der Waals surface area (Å²) >= 11 is 0. The summed E-state index contributed by atoms with van der Waals surface area (Å²) < 4.78 is 2.38. The van der Waals surface area contributed by atoms with Crippen molar-refractivity contribution < 1.29 is 0 Å². The predicted molar refractivity (Wildman–Crippen MR) is 169 cm³/mol. The van der Waals surface area contributed by atoms with E-state index < -0.39 is 0 Å². The van der Waals surface area contributed by atoms with Gasteiger partial charge < -0.3 is 4.57 Å². The van der Waals surface area contributed by atoms with Gasteiger partial charge in [-0.3, -0.25) is 0 Å². The van der Waals surface area contributed by atoms with E-state index in [0.29, 0.717) is 0 Å². The molecule has 0 saturated heterocycles. The standard InChI is InChI=1S/C39H29N/c1-39(2)35-16-10-9-15-34(35)37-32-18-17-28-21-22-40(38(28)33(32)19-20-36(37)39)31-24-29(26-11-5-3-6-12-26)23-30(25-31)27-13-7-4-8-14-27/h3-25H,1-2H3. The van der Waals surface area contributed by atoms with Crippen molar-refractivity contribution in [1.82, 2.24) is 4.57 Å². The van der Waals surface area contributed by atoms with Crippen molar-refractivity contribution in [3.63, 3.8) is 0 Å². The van der Waals surface area contributed by atoms with E-state index in [2.05, 4.69) is 158 Å². The van der Waals surface area contributed by atoms with Crippen molar-refractivity contribution in [3.05, 3.63) is 151 Å². The maximum absolute atomic E-state index is 2.38. The lowest BCUT2D eigenvalue weighted by Crippen LogP contribution is -2.14. The molecule has 1 aliphatic carbocycles. The summed E-state index contributed by atoms with van der Waals surface area (Å²) in [5.74, 6) is 0. The van der Waals surface area contributed by atoms with Crippen molar-refractivity contribution in [1.29, 1.82) is 0 Å². The highest BCUT2D eigenvalue weighted by atomic mass is 15.0. The van der Waals surface area contributed by atoms with E-state index >= 15 is 0 Å². The predicted octanol–water partition coefficient (Wildman–Crippen LogP) is 10.4. The molecule has 0 aliphatic heterocycles. The van der Waals surface area contributed by atoms with Crippen LogP contribution in [0.4, 0.5) is 0 Å². The number of rotatable bonds is 3. The van der Waals surface area contributed by atoms with Crippen LogP contribution in [0.5, 0.6) is 0 Å². The maximum Gasteiger partial charge on any atom is 0.0607 e. The second-order valence-electron chi connectivity index (χ2n) is 11.4. The average molecular weight is 512 g/mol. The molecule has 0 amide bonds. The molecule has 1 aromatic heterocycles. The zero-order valence-electron chi connectivity index (χ0n) is 22.7. The lowest BCUT2D eigenvalue weighted by Gasteiger charge is -2.21. The minimum Gasteiger partial charge on any atom is -0.316 e. The molecule has 0 N–H and O–H groups in total. The van der Waals surface area contributed by atoms with Gasteiger partial charge in [-0.25, -0.2) is 0 Å². The average Bonchev–Trinajstić information content (AvgIpc) is 3.55. The highest BCUT2D eigenvalue weighted by molar-refractivity contribution is 6.13. The van der Waals surface area contributed by atoms with Crippen LogP contribution in [-0.4, -0.2) is 4.57 Å². The van der Waals surface area contributed by atoms with Crippen LogP contribution in [0.1, 0.15) is 25.0 Å². The molecule has 40 heavy (non-hydrogen) atoms. The van der Waals surface area contributed by atoms with Gasteiger partial charge in [-0.15, -0.1) is 0 Å². The van der Waals surface area contributed by atoms with Gasteiger partial charge in [0, 0.05) is 28.1 Å². The molecular formula is C39H29N. The van der Waals surface area contributed by atoms with Gasteiger partial charge >= 0.3 is 0 Å². The molecule has 1 nitrogen and oxygen atoms in total. The molecule has 1 heteroatoms. The Bertz CT molecular complexity index is 2000. The van der Waals surface area contributed by atoms with Crippen LogP contribution in [0.15, 0.2) is 140 Å². The van der Waals surface area contributed by atoms with Crippen molar-refractivity contribution in [3.8, 4) is 39.1 Å². The fourth-order valence-electron chi connectivity index (χ4n) is 6.80. The maximum atomic E-state index is 2.38. The number of benzene rings is 6. The molecular weight excluding hydrogens is 482 g/mol. The first-order valence-corrected chi connectivity index (χ1v) is 14.0. The molecule has 0 spiro atoms. The SMILES string of the molecule is CC1(C)c2ccccc2-c2c1ccc1c2ccc2ccn(-c3cc(-c4ccccc4)cc(-c4ccccc4)c3)c21. The summed E-state index contributed by atoms with van der Waals surface area (Å²) in [5.41, 5.74) is 12.9. The van der Waals surface area contributed by atoms with Gasteiger partial charge in [-0.05, 0) is 74.2 Å². The normalized spacial score (nSPS) is 13.4. The zero-order valence-corrected chi connectivity index (χ0v) is 22.7. The van der Waals surface area contributed by atoms with Crippen molar-refractivity contribution in [2.24, 2.45) is 0 Å². The minimum atomic E-state index is -0.00827. The Morgan fingerprint density at radius 3 is 1.82 bits per heavy atom. The molecule has 0 atom stereocenters. The van der Waals surface area contributed by atoms with Crippen molar-refractivity contribution in [2.45, 2.75) is 19.3 Å². The molecule has 6 aromatic carbocycles. The van der Waals surface area contributed by atoms with Gasteiger partial charge in [-0.2, -0.15) is 0 Å². The Morgan fingerprint density at radius 1 is 0.500 bits per heavy atom. The molecule has 0 fully saturated rings. The van der Waals surface area contributed by atoms with Gasteiger partial charge in [0.05, 0.1) is 5.52 Å². The number of fused-ring (bicyclic) bond motifs is 7. The highest BCUT2D eigenvalue weighted by Gasteiger charge is 2.36. The lowest BCUT2D eigenvalue weighted by atomic mass is 9.82. The summed E-state index contributed by atoms with van der Waals surface area (Å²) in [7, 11) is 0. The van der Waals surface area contributed by atoms with Crippen LogP contribution < -0.4 is 0 Å². The van der Waals surface area contributed by atoms with E-state index in [1.165, 1.54) is 71.9 Å². The van der Waals surface area contributed by atoms with E-state index in [-0.39, 0.29) is 5.41 Å². The van der Waals surface area contributed by atoms with Gasteiger partial charge in [0.15, 0.2) is 0 Å². The van der Waals surface area contributed by atoms with Gasteiger partial charge in [-0.1, -0.05) is 123 Å². The third-order valence-corrected chi connectivity index (χ3v) is 8.80. The smallest absolute Gasteiger partial charge is 0.0607 e. The molecule has 0 radical (unpaired) electrons. The second-order valence-corrected chi connectivity index (χ2v) is 11.4. The molecule has 1 heterocycles. The Hall–Kier alpha value is -4.88. The quantitative estimate of drug-likeness (QED) is 0.222. The third kappa shape index (κ3) is 3.34. The van der Waals surface area contributed by atoms with Crippen LogP contribution >= 0.6 is 0 Å². The molecule has 1 aliphatic rings. The van der Waals surface area contributed by atoms with Crippen LogP contribution in [0.2, 0.25) is 0 Å². The summed E-state index contributed by atoms with van der Waals surface area (Å²) in [6.45, 7) is 4.70. The molecule has 7 aromatic rings. The number of hydrogen-bond acceptors (Lipinski definition) is 0. The Morgan fingerprint density at radius 2 is 1.12 bits per heavy atom. The second kappa shape index (κ2) is 8.56. The number of hydrogen-bond donors (Lipinski definition) is 0. The molecule has 0 bridgehead atoms. The van der Waals surface area contributed by atoms with Gasteiger partial charge in [0.25, 0.3) is 0 Å². The first-order valence-electron chi connectivity index (χ1n) is 14.0. The highest BCUT2D eigenvalue weighted by Crippen LogP contribution is 2.51. The van der Waals surface area contributed by atoms with E-state index in [1.54, 1.807) is 0 Å². The van der Waals surface area contributed by atoms with Gasteiger partial charge in [0.2, 0.25) is 0 Å². The minimum absolute atomic E-state index is 0.00827. The lowest BCUT2D eigenvalue weighted by molar-refractivity contribution is 0.661. The molecule has 8 rings (SSSR count). The zero-order chi connectivity index (χ0) is 26.8. The van der Waals surface area contributed by atoms with Gasteiger partial charge in [0.1, 0.15) is 0 Å². The fourth-order valence-corrected chi connectivity index (χ4v) is 6.80. The van der Waals surface area contributed by atoms with Crippen LogP contribution in [0, 0.1) is 0 Å². The molecule has 0 unspecified atom stereocenters. The van der Waals surface area contributed by atoms with E-state index in [9.17, 15) is 0 Å². The number of aromatic nitrogens is 1. The largest absolute Gasteiger partial charge is 0.316 e. The summed E-state index contributed by atoms with van der Waals surface area (Å²) in [4.78, 5) is 0. The first-order chi connectivity index (χ1) is 19.6. The van der Waals surface area contributed by atoms with E-state index in [0.717, 1.165) is 0 Å². The van der Waals surface area contributed by atoms with Crippen LogP contribution in [0.25, 0.3) is 60.7 Å². The van der Waals surface area contributed by atoms with Crippen LogP contribution in [0.3, 0.4) is 0 Å². The monoisotopic (exact) mass is 511 g/mol. The molecule has 190 valence electrons. The first kappa shape index (κ1) is 23.0. The Balaban J connectivity index is 1.41.